The minimum atomic E-state index is -0.443. The summed E-state index contributed by atoms with van der Waals surface area (Å²) in [5.41, 5.74) is 7.90. The van der Waals surface area contributed by atoms with Gasteiger partial charge in [-0.05, 0) is 37.6 Å². The number of hydrogen-bond donors (Lipinski definition) is 1. The van der Waals surface area contributed by atoms with Crippen LogP contribution >= 0.6 is 0 Å². The van der Waals surface area contributed by atoms with Crippen molar-refractivity contribution in [1.82, 2.24) is 4.98 Å². The van der Waals surface area contributed by atoms with Gasteiger partial charge in [0.05, 0.1) is 0 Å². The first-order chi connectivity index (χ1) is 8.11. The predicted molar refractivity (Wildman–Crippen MR) is 68.3 cm³/mol. The Morgan fingerprint density at radius 2 is 2.29 bits per heavy atom. The summed E-state index contributed by atoms with van der Waals surface area (Å²) in [7, 11) is 0. The third-order valence-corrected chi connectivity index (χ3v) is 2.67. The number of pyridine rings is 1. The summed E-state index contributed by atoms with van der Waals surface area (Å²) in [4.78, 5) is 17.5. The zero-order valence-electron chi connectivity index (χ0n) is 9.97. The Bertz CT molecular complexity index is 517. The second-order valence-electron chi connectivity index (χ2n) is 3.93. The van der Waals surface area contributed by atoms with E-state index in [0.717, 1.165) is 29.2 Å². The molecule has 0 aromatic carbocycles. The summed E-state index contributed by atoms with van der Waals surface area (Å²) in [6, 6.07) is 3.90. The number of aryl methyl sites for hydroxylation is 1. The molecule has 88 valence electrons. The number of carbonyl (C=O) groups is 1. The Labute approximate surface area is 100 Å². The number of nitrogens with zero attached hydrogens (tertiary/aromatic N) is 2. The van der Waals surface area contributed by atoms with Crippen LogP contribution in [0.4, 0.5) is 5.82 Å². The van der Waals surface area contributed by atoms with Crippen LogP contribution in [-0.2, 0) is 4.79 Å². The van der Waals surface area contributed by atoms with Crippen molar-refractivity contribution < 1.29 is 4.79 Å². The van der Waals surface area contributed by atoms with Gasteiger partial charge in [0, 0.05) is 30.1 Å². The number of primary amides is 1. The van der Waals surface area contributed by atoms with Crippen LogP contribution in [-0.4, -0.2) is 17.4 Å². The molecule has 0 aliphatic carbocycles. The maximum Gasteiger partial charge on any atom is 0.242 e. The Morgan fingerprint density at radius 3 is 2.94 bits per heavy atom. The highest BCUT2D eigenvalue weighted by Crippen LogP contribution is 2.30. The van der Waals surface area contributed by atoms with Crippen LogP contribution in [0.3, 0.4) is 0 Å². The fourth-order valence-electron chi connectivity index (χ4n) is 1.85. The van der Waals surface area contributed by atoms with E-state index in [0.29, 0.717) is 0 Å². The van der Waals surface area contributed by atoms with Crippen LogP contribution < -0.4 is 10.6 Å². The largest absolute Gasteiger partial charge is 0.366 e. The van der Waals surface area contributed by atoms with Gasteiger partial charge in [-0.25, -0.2) is 4.98 Å². The van der Waals surface area contributed by atoms with Crippen molar-refractivity contribution in [3.05, 3.63) is 41.7 Å². The second-order valence-corrected chi connectivity index (χ2v) is 3.93. The first kappa shape index (κ1) is 11.4. The van der Waals surface area contributed by atoms with E-state index in [1.807, 2.05) is 36.2 Å². The molecule has 1 aliphatic rings. The molecule has 0 saturated heterocycles. The van der Waals surface area contributed by atoms with Crippen LogP contribution in [0.25, 0.3) is 5.57 Å². The smallest absolute Gasteiger partial charge is 0.242 e. The average Bonchev–Trinajstić information content (AvgIpc) is 2.28. The van der Waals surface area contributed by atoms with Gasteiger partial charge < -0.3 is 10.6 Å². The lowest BCUT2D eigenvalue weighted by Crippen LogP contribution is -2.21. The fourth-order valence-corrected chi connectivity index (χ4v) is 1.85. The molecule has 2 heterocycles. The van der Waals surface area contributed by atoms with Gasteiger partial charge in [-0.15, -0.1) is 0 Å². The zero-order chi connectivity index (χ0) is 12.4. The third-order valence-electron chi connectivity index (χ3n) is 2.67. The van der Waals surface area contributed by atoms with Crippen LogP contribution in [0.5, 0.6) is 0 Å². The molecule has 1 amide bonds. The minimum absolute atomic E-state index is 0.443. The zero-order valence-corrected chi connectivity index (χ0v) is 9.97. The number of allylic oxidation sites excluding steroid dienone is 2. The molecule has 4 nitrogen and oxygen atoms in total. The first-order valence-corrected chi connectivity index (χ1v) is 5.56. The summed E-state index contributed by atoms with van der Waals surface area (Å²) in [6.45, 7) is 4.84. The van der Waals surface area contributed by atoms with E-state index in [4.69, 9.17) is 5.73 Å². The van der Waals surface area contributed by atoms with E-state index in [9.17, 15) is 4.79 Å². The van der Waals surface area contributed by atoms with Gasteiger partial charge in [0.1, 0.15) is 5.82 Å². The standard InChI is InChI=1S/C13H15N3O/c1-3-16-7-6-10(8-12(14)17)11-5-4-9(2)15-13(11)16/h4-8H,3H2,1-2H3,(H2,14,17)/b10-8+. The number of hydrogen-bond acceptors (Lipinski definition) is 3. The molecule has 17 heavy (non-hydrogen) atoms. The Hall–Kier alpha value is -2.10. The lowest BCUT2D eigenvalue weighted by molar-refractivity contribution is -0.113. The van der Waals surface area contributed by atoms with Crippen molar-refractivity contribution in [3.8, 4) is 0 Å². The number of anilines is 1. The van der Waals surface area contributed by atoms with E-state index >= 15 is 0 Å². The quantitative estimate of drug-likeness (QED) is 0.784. The Balaban J connectivity index is 2.56. The van der Waals surface area contributed by atoms with Crippen molar-refractivity contribution in [3.63, 3.8) is 0 Å². The highest BCUT2D eigenvalue weighted by atomic mass is 16.1. The van der Waals surface area contributed by atoms with Crippen molar-refractivity contribution in [1.29, 1.82) is 0 Å². The molecular weight excluding hydrogens is 214 g/mol. The van der Waals surface area contributed by atoms with Crippen molar-refractivity contribution >= 4 is 17.3 Å². The molecule has 4 heteroatoms. The van der Waals surface area contributed by atoms with E-state index in [1.54, 1.807) is 0 Å². The molecule has 0 saturated carbocycles. The van der Waals surface area contributed by atoms with Gasteiger partial charge >= 0.3 is 0 Å². The molecular formula is C13H15N3O. The number of nitrogens with two attached hydrogens (primary N) is 1. The highest BCUT2D eigenvalue weighted by molar-refractivity contribution is 5.99. The first-order valence-electron chi connectivity index (χ1n) is 5.56. The Kier molecular flexibility index (Phi) is 2.95. The van der Waals surface area contributed by atoms with Gasteiger partial charge in [-0.2, -0.15) is 0 Å². The van der Waals surface area contributed by atoms with E-state index in [2.05, 4.69) is 11.9 Å². The summed E-state index contributed by atoms with van der Waals surface area (Å²) in [6.07, 6.45) is 5.23. The van der Waals surface area contributed by atoms with Crippen molar-refractivity contribution in [2.45, 2.75) is 13.8 Å². The van der Waals surface area contributed by atoms with Crippen LogP contribution in [0.2, 0.25) is 0 Å². The predicted octanol–water partition coefficient (Wildman–Crippen LogP) is 1.61. The molecule has 1 aromatic heterocycles. The number of fused-ring (bicyclic) bond motifs is 1. The molecule has 0 unspecified atom stereocenters. The molecule has 0 bridgehead atoms. The average molecular weight is 229 g/mol. The minimum Gasteiger partial charge on any atom is -0.366 e. The topological polar surface area (TPSA) is 59.2 Å². The summed E-state index contributed by atoms with van der Waals surface area (Å²) >= 11 is 0. The molecule has 0 fully saturated rings. The van der Waals surface area contributed by atoms with Crippen molar-refractivity contribution in [2.75, 3.05) is 11.4 Å². The molecule has 1 aliphatic heterocycles. The lowest BCUT2D eigenvalue weighted by atomic mass is 10.0. The van der Waals surface area contributed by atoms with Gasteiger partial charge in [0.15, 0.2) is 0 Å². The maximum atomic E-state index is 11.0. The van der Waals surface area contributed by atoms with Gasteiger partial charge in [0.25, 0.3) is 0 Å². The van der Waals surface area contributed by atoms with E-state index in [1.165, 1.54) is 6.08 Å². The monoisotopic (exact) mass is 229 g/mol. The van der Waals surface area contributed by atoms with Crippen molar-refractivity contribution in [2.24, 2.45) is 5.73 Å². The van der Waals surface area contributed by atoms with Gasteiger partial charge in [-0.3, -0.25) is 4.79 Å². The molecule has 2 rings (SSSR count). The Morgan fingerprint density at radius 1 is 1.53 bits per heavy atom. The van der Waals surface area contributed by atoms with Crippen LogP contribution in [0.1, 0.15) is 18.2 Å². The molecule has 2 N–H and O–H groups in total. The highest BCUT2D eigenvalue weighted by Gasteiger charge is 2.17. The third kappa shape index (κ3) is 2.20. The maximum absolute atomic E-state index is 11.0. The number of amides is 1. The summed E-state index contributed by atoms with van der Waals surface area (Å²) < 4.78 is 0. The van der Waals surface area contributed by atoms with Gasteiger partial charge in [0.2, 0.25) is 5.91 Å². The van der Waals surface area contributed by atoms with Gasteiger partial charge in [-0.1, -0.05) is 0 Å². The number of aromatic nitrogens is 1. The van der Waals surface area contributed by atoms with E-state index < -0.39 is 5.91 Å². The number of rotatable bonds is 2. The molecule has 0 radical (unpaired) electrons. The molecule has 1 aromatic rings. The second kappa shape index (κ2) is 4.41. The molecule has 0 spiro atoms. The van der Waals surface area contributed by atoms with Crippen LogP contribution in [0.15, 0.2) is 30.5 Å². The normalized spacial score (nSPS) is 16.1. The molecule has 0 atom stereocenters. The fraction of sp³-hybridized carbons (Fsp3) is 0.231. The van der Waals surface area contributed by atoms with Crippen LogP contribution in [0, 0.1) is 6.92 Å². The summed E-state index contributed by atoms with van der Waals surface area (Å²) in [5, 5.41) is 0. The van der Waals surface area contributed by atoms with E-state index in [-0.39, 0.29) is 0 Å². The number of carbonyl (C=O) groups excluding carboxylic acids is 1. The SMILES string of the molecule is CCN1C=C/C(=C\C(N)=O)c2ccc(C)nc21. The summed E-state index contributed by atoms with van der Waals surface area (Å²) in [5.74, 6) is 0.434. The lowest BCUT2D eigenvalue weighted by Gasteiger charge is -2.25.